The number of carbonyl (C=O) groups excluding carboxylic acids is 1. The average Bonchev–Trinajstić information content (AvgIpc) is 2.54. The molecule has 1 aromatic rings. The third-order valence-corrected chi connectivity index (χ3v) is 4.13. The number of quaternary nitrogens is 1. The summed E-state index contributed by atoms with van der Waals surface area (Å²) in [5, 5.41) is 2.37. The van der Waals surface area contributed by atoms with E-state index in [2.05, 4.69) is 12.2 Å². The summed E-state index contributed by atoms with van der Waals surface area (Å²) in [6, 6.07) is 8.13. The first kappa shape index (κ1) is 19.8. The van der Waals surface area contributed by atoms with Crippen molar-refractivity contribution in [3.05, 3.63) is 29.8 Å². The van der Waals surface area contributed by atoms with E-state index in [1.165, 1.54) is 32.1 Å². The van der Waals surface area contributed by atoms with Gasteiger partial charge in [0.05, 0.1) is 18.2 Å². The highest BCUT2D eigenvalue weighted by Gasteiger charge is 2.20. The number of rotatable bonds is 7. The molecule has 0 bridgehead atoms. The van der Waals surface area contributed by atoms with Crippen LogP contribution in [0.15, 0.2) is 24.3 Å². The lowest BCUT2D eigenvalue weighted by Crippen LogP contribution is -3.00. The number of carbonyl (C=O) groups is 1. The molecule has 1 saturated carbocycles. The molecule has 2 N–H and O–H groups in total. The molecule has 1 aliphatic carbocycles. The molecule has 1 unspecified atom stereocenters. The van der Waals surface area contributed by atoms with Crippen LogP contribution in [0.4, 0.5) is 0 Å². The average molecular weight is 342 g/mol. The number of benzene rings is 1. The van der Waals surface area contributed by atoms with Gasteiger partial charge in [0, 0.05) is 0 Å². The van der Waals surface area contributed by atoms with E-state index < -0.39 is 0 Å². The maximum absolute atomic E-state index is 12.0. The third-order valence-electron chi connectivity index (χ3n) is 4.13. The van der Waals surface area contributed by atoms with Crippen molar-refractivity contribution in [2.45, 2.75) is 58.0 Å². The highest BCUT2D eigenvalue weighted by molar-refractivity contribution is 5.89. The summed E-state index contributed by atoms with van der Waals surface area (Å²) in [5.74, 6) is 0.519. The van der Waals surface area contributed by atoms with Gasteiger partial charge in [-0.25, -0.2) is 4.79 Å². The topological polar surface area (TPSA) is 52.1 Å². The molecule has 0 heterocycles. The van der Waals surface area contributed by atoms with Gasteiger partial charge >= 0.3 is 5.97 Å². The highest BCUT2D eigenvalue weighted by Crippen LogP contribution is 2.15. The van der Waals surface area contributed by atoms with E-state index in [9.17, 15) is 4.79 Å². The van der Waals surface area contributed by atoms with Crippen molar-refractivity contribution in [3.63, 3.8) is 0 Å². The number of ether oxygens (including phenoxy) is 2. The van der Waals surface area contributed by atoms with Gasteiger partial charge in [0.15, 0.2) is 0 Å². The fourth-order valence-corrected chi connectivity index (χ4v) is 2.99. The number of halogens is 1. The van der Waals surface area contributed by atoms with Gasteiger partial charge in [-0.2, -0.15) is 0 Å². The number of esters is 1. The molecule has 5 heteroatoms. The van der Waals surface area contributed by atoms with Crippen LogP contribution in [0.5, 0.6) is 5.75 Å². The zero-order chi connectivity index (χ0) is 15.8. The normalized spacial score (nSPS) is 16.3. The van der Waals surface area contributed by atoms with Crippen LogP contribution in [0.3, 0.4) is 0 Å². The summed E-state index contributed by atoms with van der Waals surface area (Å²) in [7, 11) is 0. The van der Waals surface area contributed by atoms with Crippen LogP contribution >= 0.6 is 0 Å². The molecule has 0 saturated heterocycles. The van der Waals surface area contributed by atoms with Gasteiger partial charge in [0.25, 0.3) is 0 Å². The van der Waals surface area contributed by atoms with Crippen LogP contribution in [0, 0.1) is 0 Å². The van der Waals surface area contributed by atoms with Gasteiger partial charge in [-0.15, -0.1) is 0 Å². The first-order valence-electron chi connectivity index (χ1n) is 8.44. The Balaban J connectivity index is 0.00000264. The molecule has 1 aromatic carbocycles. The molecular weight excluding hydrogens is 314 g/mol. The summed E-state index contributed by atoms with van der Waals surface area (Å²) >= 11 is 0. The second kappa shape index (κ2) is 10.5. The van der Waals surface area contributed by atoms with Gasteiger partial charge in [0.1, 0.15) is 18.4 Å². The molecule has 1 fully saturated rings. The quantitative estimate of drug-likeness (QED) is 0.682. The van der Waals surface area contributed by atoms with E-state index in [0.29, 0.717) is 30.9 Å². The Hall–Kier alpha value is -1.26. The Morgan fingerprint density at radius 1 is 1.22 bits per heavy atom. The predicted octanol–water partition coefficient (Wildman–Crippen LogP) is -0.469. The smallest absolute Gasteiger partial charge is 0.338 e. The van der Waals surface area contributed by atoms with Crippen molar-refractivity contribution in [2.24, 2.45) is 0 Å². The Bertz CT molecular complexity index is 458. The van der Waals surface area contributed by atoms with Crippen molar-refractivity contribution in [2.75, 3.05) is 13.2 Å². The number of hydrogen-bond acceptors (Lipinski definition) is 3. The van der Waals surface area contributed by atoms with Crippen molar-refractivity contribution in [1.82, 2.24) is 0 Å². The van der Waals surface area contributed by atoms with Crippen LogP contribution in [-0.2, 0) is 4.74 Å². The molecule has 0 amide bonds. The Kier molecular flexibility index (Phi) is 9.03. The predicted molar refractivity (Wildman–Crippen MR) is 86.2 cm³/mol. The second-order valence-electron chi connectivity index (χ2n) is 6.12. The van der Waals surface area contributed by atoms with Gasteiger partial charge in [-0.1, -0.05) is 6.42 Å². The Morgan fingerprint density at radius 2 is 1.87 bits per heavy atom. The van der Waals surface area contributed by atoms with Crippen LogP contribution in [-0.4, -0.2) is 31.3 Å². The third kappa shape index (κ3) is 6.80. The van der Waals surface area contributed by atoms with Crippen molar-refractivity contribution < 1.29 is 32.0 Å². The molecule has 23 heavy (non-hydrogen) atoms. The summed E-state index contributed by atoms with van der Waals surface area (Å²) < 4.78 is 10.8. The van der Waals surface area contributed by atoms with Gasteiger partial charge in [-0.3, -0.25) is 0 Å². The molecule has 4 nitrogen and oxygen atoms in total. The van der Waals surface area contributed by atoms with Crippen LogP contribution in [0.25, 0.3) is 0 Å². The minimum Gasteiger partial charge on any atom is -1.00 e. The van der Waals surface area contributed by atoms with Crippen molar-refractivity contribution in [1.29, 1.82) is 0 Å². The van der Waals surface area contributed by atoms with Gasteiger partial charge < -0.3 is 27.2 Å². The maximum Gasteiger partial charge on any atom is 0.338 e. The van der Waals surface area contributed by atoms with E-state index in [4.69, 9.17) is 9.47 Å². The van der Waals surface area contributed by atoms with E-state index in [0.717, 1.165) is 5.75 Å². The largest absolute Gasteiger partial charge is 1.00 e. The fraction of sp³-hybridized carbons (Fsp3) is 0.611. The molecule has 0 radical (unpaired) electrons. The highest BCUT2D eigenvalue weighted by atomic mass is 35.5. The summed E-state index contributed by atoms with van der Waals surface area (Å²) in [5.41, 5.74) is 0.577. The molecule has 130 valence electrons. The van der Waals surface area contributed by atoms with E-state index in [1.54, 1.807) is 24.3 Å². The zero-order valence-corrected chi connectivity index (χ0v) is 14.8. The second-order valence-corrected chi connectivity index (χ2v) is 6.12. The van der Waals surface area contributed by atoms with E-state index in [1.807, 2.05) is 6.92 Å². The first-order valence-corrected chi connectivity index (χ1v) is 8.44. The zero-order valence-electron chi connectivity index (χ0n) is 14.1. The lowest BCUT2D eigenvalue weighted by molar-refractivity contribution is -0.721. The molecule has 1 aliphatic rings. The van der Waals surface area contributed by atoms with Crippen LogP contribution in [0.1, 0.15) is 56.3 Å². The Labute approximate surface area is 145 Å². The Morgan fingerprint density at radius 3 is 2.48 bits per heavy atom. The monoisotopic (exact) mass is 341 g/mol. The lowest BCUT2D eigenvalue weighted by Gasteiger charge is -2.23. The molecule has 1 atom stereocenters. The van der Waals surface area contributed by atoms with Gasteiger partial charge in [-0.05, 0) is 63.8 Å². The minimum absolute atomic E-state index is 0. The lowest BCUT2D eigenvalue weighted by atomic mass is 9.95. The van der Waals surface area contributed by atoms with E-state index in [-0.39, 0.29) is 18.4 Å². The molecule has 0 spiro atoms. The minimum atomic E-state index is -0.257. The standard InChI is InChI=1S/C18H27NO3.ClH/c1-3-21-17-11-9-15(10-12-17)18(20)22-13-14(2)19-16-7-5-4-6-8-16;/h9-12,14,16,19H,3-8,13H2,1-2H3;1H. The van der Waals surface area contributed by atoms with E-state index >= 15 is 0 Å². The summed E-state index contributed by atoms with van der Waals surface area (Å²) in [4.78, 5) is 12.0. The summed E-state index contributed by atoms with van der Waals surface area (Å²) in [6.45, 7) is 5.15. The number of nitrogens with two attached hydrogens (primary N) is 1. The molecular formula is C18H28ClNO3. The van der Waals surface area contributed by atoms with Crippen molar-refractivity contribution >= 4 is 5.97 Å². The summed E-state index contributed by atoms with van der Waals surface area (Å²) in [6.07, 6.45) is 6.61. The van der Waals surface area contributed by atoms with Crippen molar-refractivity contribution in [3.8, 4) is 5.75 Å². The fourth-order valence-electron chi connectivity index (χ4n) is 2.99. The van der Waals surface area contributed by atoms with Crippen LogP contribution in [0.2, 0.25) is 0 Å². The van der Waals surface area contributed by atoms with Crippen LogP contribution < -0.4 is 22.5 Å². The SMILES string of the molecule is CCOc1ccc(C(=O)OCC(C)[NH2+]C2CCCCC2)cc1.[Cl-]. The number of hydrogen-bond donors (Lipinski definition) is 1. The molecule has 0 aromatic heterocycles. The first-order chi connectivity index (χ1) is 10.7. The maximum atomic E-state index is 12.0. The molecule has 2 rings (SSSR count). The molecule has 0 aliphatic heterocycles. The van der Waals surface area contributed by atoms with Gasteiger partial charge in [0.2, 0.25) is 0 Å².